The summed E-state index contributed by atoms with van der Waals surface area (Å²) in [5.74, 6) is 0.341. The molecule has 2 bridgehead atoms. The second-order valence-corrected chi connectivity index (χ2v) is 5.58. The van der Waals surface area contributed by atoms with Gasteiger partial charge in [0.2, 0.25) is 11.8 Å². The van der Waals surface area contributed by atoms with E-state index >= 15 is 0 Å². The number of likely N-dealkylation sites (tertiary alicyclic amines) is 1. The van der Waals surface area contributed by atoms with Gasteiger partial charge in [0.05, 0.1) is 24.1 Å². The van der Waals surface area contributed by atoms with Crippen molar-refractivity contribution in [1.29, 1.82) is 0 Å². The Kier molecular flexibility index (Phi) is 2.16. The summed E-state index contributed by atoms with van der Waals surface area (Å²) in [6, 6.07) is 5.55. The molecule has 0 aromatic carbocycles. The lowest BCUT2D eigenvalue weighted by atomic mass is 9.85. The quantitative estimate of drug-likeness (QED) is 0.592. The average Bonchev–Trinajstić information content (AvgIpc) is 3.10. The van der Waals surface area contributed by atoms with E-state index < -0.39 is 0 Å². The van der Waals surface area contributed by atoms with E-state index in [1.54, 1.807) is 6.20 Å². The molecule has 0 unspecified atom stereocenters. The summed E-state index contributed by atoms with van der Waals surface area (Å²) in [6.07, 6.45) is 6.89. The van der Waals surface area contributed by atoms with Crippen LogP contribution in [0.2, 0.25) is 0 Å². The van der Waals surface area contributed by atoms with Crippen molar-refractivity contribution in [2.24, 2.45) is 23.7 Å². The third-order valence-electron chi connectivity index (χ3n) is 4.61. The molecule has 0 spiro atoms. The molecular formula is C15H14N2O2. The minimum atomic E-state index is -0.105. The van der Waals surface area contributed by atoms with E-state index in [1.807, 2.05) is 18.2 Å². The number of carbonyl (C=O) groups excluding carboxylic acids is 2. The van der Waals surface area contributed by atoms with Gasteiger partial charge in [-0.25, -0.2) is 0 Å². The van der Waals surface area contributed by atoms with Crippen molar-refractivity contribution in [3.8, 4) is 0 Å². The van der Waals surface area contributed by atoms with Gasteiger partial charge in [-0.1, -0.05) is 18.2 Å². The van der Waals surface area contributed by atoms with Crippen LogP contribution in [-0.4, -0.2) is 21.7 Å². The Morgan fingerprint density at radius 3 is 2.37 bits per heavy atom. The number of pyridine rings is 1. The van der Waals surface area contributed by atoms with E-state index in [-0.39, 0.29) is 35.5 Å². The molecule has 0 radical (unpaired) electrons. The van der Waals surface area contributed by atoms with Crippen LogP contribution in [0.1, 0.15) is 12.1 Å². The van der Waals surface area contributed by atoms with Gasteiger partial charge in [0, 0.05) is 6.20 Å². The van der Waals surface area contributed by atoms with E-state index in [2.05, 4.69) is 17.1 Å². The fourth-order valence-corrected chi connectivity index (χ4v) is 3.77. The molecule has 0 N–H and O–H groups in total. The van der Waals surface area contributed by atoms with Crippen molar-refractivity contribution in [2.45, 2.75) is 13.0 Å². The van der Waals surface area contributed by atoms with Gasteiger partial charge in [0.1, 0.15) is 0 Å². The summed E-state index contributed by atoms with van der Waals surface area (Å²) in [5.41, 5.74) is 0.768. The first kappa shape index (κ1) is 10.9. The molecule has 2 amide bonds. The molecule has 4 atom stereocenters. The molecule has 1 aliphatic heterocycles. The second kappa shape index (κ2) is 3.76. The number of rotatable bonds is 2. The lowest BCUT2D eigenvalue weighted by molar-refractivity contribution is -0.141. The van der Waals surface area contributed by atoms with Crippen molar-refractivity contribution >= 4 is 11.8 Å². The zero-order valence-electron chi connectivity index (χ0n) is 10.4. The fraction of sp³-hybridized carbons (Fsp3) is 0.400. The number of imide groups is 1. The predicted molar refractivity (Wildman–Crippen MR) is 67.5 cm³/mol. The van der Waals surface area contributed by atoms with E-state index in [9.17, 15) is 9.59 Å². The number of nitrogens with zero attached hydrogens (tertiary/aromatic N) is 2. The van der Waals surface area contributed by atoms with Gasteiger partial charge in [-0.3, -0.25) is 19.5 Å². The molecule has 1 aromatic rings. The van der Waals surface area contributed by atoms with E-state index in [1.165, 1.54) is 4.90 Å². The van der Waals surface area contributed by atoms with Gasteiger partial charge in [-0.2, -0.15) is 0 Å². The van der Waals surface area contributed by atoms with Crippen LogP contribution in [-0.2, 0) is 16.1 Å². The van der Waals surface area contributed by atoms with Crippen molar-refractivity contribution < 1.29 is 9.59 Å². The molecule has 1 saturated heterocycles. The molecule has 1 aromatic heterocycles. The van der Waals surface area contributed by atoms with E-state index in [0.717, 1.165) is 12.1 Å². The number of allylic oxidation sites excluding steroid dienone is 2. The highest BCUT2D eigenvalue weighted by Crippen LogP contribution is 2.52. The SMILES string of the molecule is O=C1[C@@H]2[C@@H](C(=O)N1Cc1ccccn1)[C@H]1C=C[C@H]2C1. The molecule has 2 aliphatic carbocycles. The largest absolute Gasteiger partial charge is 0.276 e. The third kappa shape index (κ3) is 1.43. The van der Waals surface area contributed by atoms with Crippen molar-refractivity contribution in [1.82, 2.24) is 9.88 Å². The smallest absolute Gasteiger partial charge is 0.234 e. The first-order valence-corrected chi connectivity index (χ1v) is 6.69. The lowest BCUT2D eigenvalue weighted by Crippen LogP contribution is -2.32. The van der Waals surface area contributed by atoms with Crippen LogP contribution < -0.4 is 0 Å². The molecule has 4 rings (SSSR count). The monoisotopic (exact) mass is 254 g/mol. The van der Waals surface area contributed by atoms with Gasteiger partial charge in [-0.05, 0) is 30.4 Å². The summed E-state index contributed by atoms with van der Waals surface area (Å²) in [7, 11) is 0. The van der Waals surface area contributed by atoms with Crippen LogP contribution in [0.25, 0.3) is 0 Å². The van der Waals surface area contributed by atoms with E-state index in [0.29, 0.717) is 6.54 Å². The lowest BCUT2D eigenvalue weighted by Gasteiger charge is -2.16. The summed E-state index contributed by atoms with van der Waals surface area (Å²) in [6.45, 7) is 0.310. The highest BCUT2D eigenvalue weighted by Gasteiger charge is 2.59. The first-order chi connectivity index (χ1) is 9.25. The zero-order valence-corrected chi connectivity index (χ0v) is 10.4. The Bertz CT molecular complexity index is 551. The van der Waals surface area contributed by atoms with Crippen LogP contribution in [0.3, 0.4) is 0 Å². The minimum absolute atomic E-state index is 0.00231. The molecule has 19 heavy (non-hydrogen) atoms. The maximum atomic E-state index is 12.4. The maximum absolute atomic E-state index is 12.4. The predicted octanol–water partition coefficient (Wildman–Crippen LogP) is 1.39. The van der Waals surface area contributed by atoms with Gasteiger partial charge >= 0.3 is 0 Å². The summed E-state index contributed by atoms with van der Waals surface area (Å²) in [5, 5.41) is 0. The summed E-state index contributed by atoms with van der Waals surface area (Å²) >= 11 is 0. The number of carbonyl (C=O) groups is 2. The fourth-order valence-electron chi connectivity index (χ4n) is 3.77. The van der Waals surface area contributed by atoms with Crippen molar-refractivity contribution in [3.63, 3.8) is 0 Å². The molecule has 2 fully saturated rings. The molecule has 4 nitrogen and oxygen atoms in total. The third-order valence-corrected chi connectivity index (χ3v) is 4.61. The number of amides is 2. The average molecular weight is 254 g/mol. The summed E-state index contributed by atoms with van der Waals surface area (Å²) < 4.78 is 0. The standard InChI is InChI=1S/C15H14N2O2/c18-14-12-9-4-5-10(7-9)13(12)15(19)17(14)8-11-3-1-2-6-16-11/h1-6,9-10,12-13H,7-8H2/t9-,10-,12-,13-/m0/s1. The highest BCUT2D eigenvalue weighted by atomic mass is 16.2. The normalized spacial score (nSPS) is 35.3. The molecular weight excluding hydrogens is 240 g/mol. The number of hydrogen-bond donors (Lipinski definition) is 0. The van der Waals surface area contributed by atoms with Gasteiger partial charge in [0.15, 0.2) is 0 Å². The Labute approximate surface area is 111 Å². The Hall–Kier alpha value is -1.97. The molecule has 2 heterocycles. The molecule has 1 saturated carbocycles. The Balaban J connectivity index is 1.62. The zero-order chi connectivity index (χ0) is 13.0. The van der Waals surface area contributed by atoms with Crippen LogP contribution in [0.5, 0.6) is 0 Å². The first-order valence-electron chi connectivity index (χ1n) is 6.69. The summed E-state index contributed by atoms with van der Waals surface area (Å²) in [4.78, 5) is 30.5. The van der Waals surface area contributed by atoms with Gasteiger partial charge in [-0.15, -0.1) is 0 Å². The Morgan fingerprint density at radius 2 is 1.79 bits per heavy atom. The van der Waals surface area contributed by atoms with Crippen molar-refractivity contribution in [2.75, 3.05) is 0 Å². The molecule has 96 valence electrons. The van der Waals surface area contributed by atoms with E-state index in [4.69, 9.17) is 0 Å². The van der Waals surface area contributed by atoms with Crippen molar-refractivity contribution in [3.05, 3.63) is 42.2 Å². The van der Waals surface area contributed by atoms with Crippen LogP contribution in [0.4, 0.5) is 0 Å². The molecule has 3 aliphatic rings. The number of aromatic nitrogens is 1. The molecule has 4 heteroatoms. The van der Waals surface area contributed by atoms with Crippen LogP contribution in [0.15, 0.2) is 36.5 Å². The minimum Gasteiger partial charge on any atom is -0.276 e. The highest BCUT2D eigenvalue weighted by molar-refractivity contribution is 6.06. The Morgan fingerprint density at radius 1 is 1.11 bits per heavy atom. The number of hydrogen-bond acceptors (Lipinski definition) is 3. The second-order valence-electron chi connectivity index (χ2n) is 5.58. The topological polar surface area (TPSA) is 50.3 Å². The van der Waals surface area contributed by atoms with Gasteiger partial charge in [0.25, 0.3) is 0 Å². The number of fused-ring (bicyclic) bond motifs is 5. The maximum Gasteiger partial charge on any atom is 0.234 e. The van der Waals surface area contributed by atoms with Gasteiger partial charge < -0.3 is 0 Å². The van der Waals surface area contributed by atoms with Crippen LogP contribution in [0, 0.1) is 23.7 Å². The van der Waals surface area contributed by atoms with Crippen LogP contribution >= 0.6 is 0 Å².